The van der Waals surface area contributed by atoms with Crippen LogP contribution >= 0.6 is 0 Å². The highest BCUT2D eigenvalue weighted by atomic mass is 32.2. The predicted octanol–water partition coefficient (Wildman–Crippen LogP) is 5.45. The van der Waals surface area contributed by atoms with Gasteiger partial charge < -0.3 is 0 Å². The second-order valence-corrected chi connectivity index (χ2v) is 12.7. The van der Waals surface area contributed by atoms with Crippen LogP contribution in [0.2, 0.25) is 0 Å². The quantitative estimate of drug-likeness (QED) is 0.318. The molecule has 39 heavy (non-hydrogen) atoms. The van der Waals surface area contributed by atoms with E-state index in [2.05, 4.69) is 8.80 Å². The van der Waals surface area contributed by atoms with Gasteiger partial charge in [-0.05, 0) is 47.5 Å². The molecule has 0 unspecified atom stereocenters. The summed E-state index contributed by atoms with van der Waals surface area (Å²) in [6, 6.07) is 35.6. The third-order valence-electron chi connectivity index (χ3n) is 7.30. The first-order chi connectivity index (χ1) is 18.8. The normalized spacial score (nSPS) is 21.9. The summed E-state index contributed by atoms with van der Waals surface area (Å²) in [6.07, 6.45) is 3.18. The third-order valence-corrected chi connectivity index (χ3v) is 9.94. The van der Waals surface area contributed by atoms with Crippen LogP contribution < -0.4 is 0 Å². The van der Waals surface area contributed by atoms with Gasteiger partial charge in [-0.25, -0.2) is 0 Å². The first-order valence-electron chi connectivity index (χ1n) is 12.4. The number of fused-ring (bicyclic) bond motifs is 1. The van der Waals surface area contributed by atoms with E-state index < -0.39 is 37.3 Å². The molecule has 2 aliphatic carbocycles. The van der Waals surface area contributed by atoms with Crippen LogP contribution in [0.5, 0.6) is 0 Å². The van der Waals surface area contributed by atoms with Gasteiger partial charge in [0.15, 0.2) is 0 Å². The maximum absolute atomic E-state index is 13.3. The van der Waals surface area contributed by atoms with Crippen molar-refractivity contribution in [2.75, 3.05) is 0 Å². The van der Waals surface area contributed by atoms with E-state index in [-0.39, 0.29) is 9.79 Å². The van der Waals surface area contributed by atoms with E-state index >= 15 is 0 Å². The molecular formula is C31H24N2O4S2. The molecule has 0 spiro atoms. The Morgan fingerprint density at radius 1 is 0.462 bits per heavy atom. The molecule has 1 saturated carbocycles. The lowest BCUT2D eigenvalue weighted by Gasteiger charge is -2.20. The molecule has 4 aromatic carbocycles. The maximum atomic E-state index is 13.3. The van der Waals surface area contributed by atoms with E-state index in [0.29, 0.717) is 11.4 Å². The summed E-state index contributed by atoms with van der Waals surface area (Å²) in [7, 11) is -8.00. The second-order valence-electron chi connectivity index (χ2n) is 9.50. The summed E-state index contributed by atoms with van der Waals surface area (Å²) in [5, 5.41) is 0. The van der Waals surface area contributed by atoms with Gasteiger partial charge in [0.25, 0.3) is 20.0 Å². The van der Waals surface area contributed by atoms with Crippen molar-refractivity contribution in [1.82, 2.24) is 0 Å². The van der Waals surface area contributed by atoms with Crippen molar-refractivity contribution in [2.24, 2.45) is 20.6 Å². The van der Waals surface area contributed by atoms with Crippen molar-refractivity contribution in [3.05, 3.63) is 145 Å². The van der Waals surface area contributed by atoms with E-state index in [1.807, 2.05) is 60.7 Å². The average molecular weight is 553 g/mol. The fourth-order valence-electron chi connectivity index (χ4n) is 5.63. The van der Waals surface area contributed by atoms with Crippen molar-refractivity contribution in [3.8, 4) is 0 Å². The predicted molar refractivity (Wildman–Crippen MR) is 152 cm³/mol. The Hall–Kier alpha value is -4.14. The lowest BCUT2D eigenvalue weighted by atomic mass is 9.83. The lowest BCUT2D eigenvalue weighted by molar-refractivity contribution is 0.596. The molecule has 0 amide bonds. The van der Waals surface area contributed by atoms with Gasteiger partial charge in [-0.2, -0.15) is 25.6 Å². The van der Waals surface area contributed by atoms with E-state index in [0.717, 1.165) is 11.1 Å². The Kier molecular flexibility index (Phi) is 6.16. The van der Waals surface area contributed by atoms with Crippen LogP contribution in [0.1, 0.15) is 11.1 Å². The van der Waals surface area contributed by atoms with Gasteiger partial charge in [0.2, 0.25) is 0 Å². The second kappa shape index (κ2) is 9.55. The van der Waals surface area contributed by atoms with Gasteiger partial charge in [-0.15, -0.1) is 0 Å². The molecule has 6 nitrogen and oxygen atoms in total. The number of benzene rings is 4. The number of hydrogen-bond donors (Lipinski definition) is 0. The summed E-state index contributed by atoms with van der Waals surface area (Å²) in [5.74, 6) is -0.869. The smallest absolute Gasteiger partial charge is 0.199 e. The Labute approximate surface area is 228 Å². The van der Waals surface area contributed by atoms with Crippen molar-refractivity contribution in [3.63, 3.8) is 0 Å². The molecule has 4 aromatic rings. The zero-order valence-corrected chi connectivity index (χ0v) is 22.3. The standard InChI is InChI=1S/C31H24N2O4S2/c34-38(35,25-17-9-3-10-18-25)32-27-21-22-28(33-39(36,37)26-19-11-4-12-20-26)30-29(27)31(30,23-13-5-1-6-14-23)24-15-7-2-8-16-24/h1-22,29-30H/t29-,30-/m0/s1. The van der Waals surface area contributed by atoms with Crippen LogP contribution in [0.15, 0.2) is 152 Å². The summed E-state index contributed by atoms with van der Waals surface area (Å²) >= 11 is 0. The zero-order chi connectivity index (χ0) is 27.1. The number of sulfonamides is 2. The fourth-order valence-corrected chi connectivity index (χ4v) is 7.75. The van der Waals surface area contributed by atoms with E-state index in [1.54, 1.807) is 48.6 Å². The van der Waals surface area contributed by atoms with E-state index in [1.165, 1.54) is 24.3 Å². The Morgan fingerprint density at radius 2 is 0.769 bits per heavy atom. The molecule has 2 atom stereocenters. The summed E-state index contributed by atoms with van der Waals surface area (Å²) in [5.41, 5.74) is 1.86. The minimum Gasteiger partial charge on any atom is -0.199 e. The highest BCUT2D eigenvalue weighted by molar-refractivity contribution is 7.90. The first kappa shape index (κ1) is 25.2. The fraction of sp³-hybridized carbons (Fsp3) is 0.0968. The molecule has 6 rings (SSSR count). The SMILES string of the molecule is O=S(=O)(N=C1C=CC(=NS(=O)(=O)c2ccccc2)[C@H]2[C@H]1C2(c1ccccc1)c1ccccc1)c1ccccc1. The number of nitrogens with zero attached hydrogens (tertiary/aromatic N) is 2. The van der Waals surface area contributed by atoms with Crippen LogP contribution in [0.3, 0.4) is 0 Å². The monoisotopic (exact) mass is 552 g/mol. The number of rotatable bonds is 6. The van der Waals surface area contributed by atoms with Crippen molar-refractivity contribution in [2.45, 2.75) is 15.2 Å². The van der Waals surface area contributed by atoms with Gasteiger partial charge in [-0.1, -0.05) is 97.1 Å². The Bertz CT molecular complexity index is 1680. The Balaban J connectivity index is 1.57. The summed E-state index contributed by atoms with van der Waals surface area (Å²) in [6.45, 7) is 0. The molecule has 1 fully saturated rings. The molecule has 0 heterocycles. The van der Waals surface area contributed by atoms with Gasteiger partial charge in [0.05, 0.1) is 21.2 Å². The molecule has 0 bridgehead atoms. The minimum atomic E-state index is -4.00. The first-order valence-corrected chi connectivity index (χ1v) is 15.3. The van der Waals surface area contributed by atoms with Gasteiger partial charge in [-0.3, -0.25) is 0 Å². The minimum absolute atomic E-state index is 0.0965. The summed E-state index contributed by atoms with van der Waals surface area (Å²) in [4.78, 5) is 0.193. The highest BCUT2D eigenvalue weighted by Crippen LogP contribution is 2.66. The van der Waals surface area contributed by atoms with Crippen LogP contribution in [0.25, 0.3) is 0 Å². The van der Waals surface area contributed by atoms with E-state index in [4.69, 9.17) is 0 Å². The van der Waals surface area contributed by atoms with Crippen molar-refractivity contribution < 1.29 is 16.8 Å². The average Bonchev–Trinajstić information content (AvgIpc) is 3.68. The van der Waals surface area contributed by atoms with Gasteiger partial charge >= 0.3 is 0 Å². The van der Waals surface area contributed by atoms with Crippen molar-refractivity contribution in [1.29, 1.82) is 0 Å². The number of hydrogen-bond acceptors (Lipinski definition) is 4. The van der Waals surface area contributed by atoms with Crippen LogP contribution in [0, 0.1) is 11.8 Å². The summed E-state index contributed by atoms with van der Waals surface area (Å²) < 4.78 is 61.8. The largest absolute Gasteiger partial charge is 0.282 e. The van der Waals surface area contributed by atoms with Gasteiger partial charge in [0.1, 0.15) is 0 Å². The zero-order valence-electron chi connectivity index (χ0n) is 20.7. The molecule has 2 aliphatic rings. The molecule has 194 valence electrons. The lowest BCUT2D eigenvalue weighted by Crippen LogP contribution is -2.17. The molecule has 0 aromatic heterocycles. The highest BCUT2D eigenvalue weighted by Gasteiger charge is 2.70. The molecule has 0 aliphatic heterocycles. The number of allylic oxidation sites excluding steroid dienone is 2. The third kappa shape index (κ3) is 4.35. The van der Waals surface area contributed by atoms with Crippen LogP contribution in [-0.4, -0.2) is 28.3 Å². The molecular weight excluding hydrogens is 528 g/mol. The molecule has 0 N–H and O–H groups in total. The molecule has 0 radical (unpaired) electrons. The van der Waals surface area contributed by atoms with Gasteiger partial charge in [0, 0.05) is 17.3 Å². The molecule has 0 saturated heterocycles. The van der Waals surface area contributed by atoms with Crippen LogP contribution in [-0.2, 0) is 25.5 Å². The van der Waals surface area contributed by atoms with Crippen LogP contribution in [0.4, 0.5) is 0 Å². The molecule has 8 heteroatoms. The Morgan fingerprint density at radius 3 is 1.10 bits per heavy atom. The maximum Gasteiger partial charge on any atom is 0.282 e. The van der Waals surface area contributed by atoms with E-state index in [9.17, 15) is 16.8 Å². The van der Waals surface area contributed by atoms with Crippen molar-refractivity contribution >= 4 is 31.5 Å². The topological polar surface area (TPSA) is 93.0 Å².